The van der Waals surface area contributed by atoms with Gasteiger partial charge in [0.2, 0.25) is 0 Å². The molecule has 1 fully saturated rings. The van der Waals surface area contributed by atoms with E-state index in [-0.39, 0.29) is 11.5 Å². The molecule has 0 saturated carbocycles. The molecule has 30 heavy (non-hydrogen) atoms. The first-order valence-corrected chi connectivity index (χ1v) is 11.9. The van der Waals surface area contributed by atoms with Gasteiger partial charge < -0.3 is 19.1 Å². The summed E-state index contributed by atoms with van der Waals surface area (Å²) in [6.07, 6.45) is 5.28. The molecule has 1 aromatic heterocycles. The van der Waals surface area contributed by atoms with Gasteiger partial charge in [-0.3, -0.25) is 4.90 Å². The normalized spacial score (nSPS) is 16.4. The Morgan fingerprint density at radius 2 is 1.60 bits per heavy atom. The lowest BCUT2D eigenvalue weighted by Crippen LogP contribution is -2.39. The van der Waals surface area contributed by atoms with Crippen LogP contribution in [0.15, 0.2) is 31.8 Å². The van der Waals surface area contributed by atoms with Gasteiger partial charge in [0.1, 0.15) is 0 Å². The summed E-state index contributed by atoms with van der Waals surface area (Å²) in [7, 11) is -2.86. The largest absolute Gasteiger partial charge is 0.377 e. The Balaban J connectivity index is 1.44. The summed E-state index contributed by atoms with van der Waals surface area (Å²) in [5.74, 6) is 0.429. The molecular formula is C19H33N5O5S. The Labute approximate surface area is 179 Å². The minimum Gasteiger partial charge on any atom is -0.377 e. The van der Waals surface area contributed by atoms with Crippen LogP contribution in [0.5, 0.6) is 0 Å². The van der Waals surface area contributed by atoms with Gasteiger partial charge in [0.05, 0.1) is 63.4 Å². The molecule has 1 saturated heterocycles. The van der Waals surface area contributed by atoms with Crippen LogP contribution in [0, 0.1) is 0 Å². The van der Waals surface area contributed by atoms with E-state index in [4.69, 9.17) is 14.2 Å². The van der Waals surface area contributed by atoms with Crippen molar-refractivity contribution in [2.45, 2.75) is 13.1 Å². The number of aromatic nitrogens is 3. The molecule has 0 unspecified atom stereocenters. The fourth-order valence-corrected chi connectivity index (χ4v) is 4.06. The lowest BCUT2D eigenvalue weighted by atomic mass is 10.4. The van der Waals surface area contributed by atoms with E-state index >= 15 is 0 Å². The maximum Gasteiger partial charge on any atom is 0.152 e. The molecule has 0 aliphatic carbocycles. The van der Waals surface area contributed by atoms with Crippen molar-refractivity contribution in [3.8, 4) is 0 Å². The second-order valence-electron chi connectivity index (χ2n) is 6.84. The van der Waals surface area contributed by atoms with Crippen LogP contribution in [-0.2, 0) is 37.1 Å². The van der Waals surface area contributed by atoms with Crippen molar-refractivity contribution in [2.75, 3.05) is 70.8 Å². The zero-order chi connectivity index (χ0) is 21.7. The van der Waals surface area contributed by atoms with Crippen LogP contribution >= 0.6 is 0 Å². The molecule has 0 amide bonds. The van der Waals surface area contributed by atoms with Crippen molar-refractivity contribution in [3.05, 3.63) is 37.4 Å². The topological polar surface area (TPSA) is 99.0 Å². The first-order valence-electron chi connectivity index (χ1n) is 10.1. The van der Waals surface area contributed by atoms with Gasteiger partial charge in [0, 0.05) is 32.4 Å². The average Bonchev–Trinajstić information content (AvgIpc) is 3.18. The van der Waals surface area contributed by atoms with Gasteiger partial charge in [0.25, 0.3) is 0 Å². The molecule has 0 radical (unpaired) electrons. The number of sulfone groups is 1. The predicted octanol–water partition coefficient (Wildman–Crippen LogP) is 0.147. The van der Waals surface area contributed by atoms with E-state index in [0.717, 1.165) is 12.2 Å². The summed E-state index contributed by atoms with van der Waals surface area (Å²) in [5.41, 5.74) is 0.835. The summed E-state index contributed by atoms with van der Waals surface area (Å²) >= 11 is 0. The maximum absolute atomic E-state index is 11.5. The highest BCUT2D eigenvalue weighted by molar-refractivity contribution is 7.91. The van der Waals surface area contributed by atoms with Crippen LogP contribution in [0.25, 0.3) is 0 Å². The lowest BCUT2D eigenvalue weighted by molar-refractivity contribution is 0.0116. The first kappa shape index (κ1) is 24.5. The standard InChI is InChI=1S/C19H33N5O5S/c1-3-22(4-2)5-9-27-11-13-29-14-12-28-10-6-24-18-19(20-21-24)17-23-7-15-30(25,26)16-8-23/h3-4,18H,1-2,5-17H2. The molecule has 0 N–H and O–H groups in total. The van der Waals surface area contributed by atoms with Crippen LogP contribution in [0.4, 0.5) is 0 Å². The summed E-state index contributed by atoms with van der Waals surface area (Å²) in [4.78, 5) is 3.94. The fraction of sp³-hybridized carbons (Fsp3) is 0.684. The SMILES string of the molecule is C=CN(C=C)CCOCCOCCOCCn1cc(CN2CCS(=O)(=O)CC2)nn1. The van der Waals surface area contributed by atoms with Gasteiger partial charge >= 0.3 is 0 Å². The van der Waals surface area contributed by atoms with E-state index in [1.807, 2.05) is 11.1 Å². The van der Waals surface area contributed by atoms with E-state index in [2.05, 4.69) is 28.4 Å². The second-order valence-corrected chi connectivity index (χ2v) is 9.14. The number of rotatable bonds is 16. The molecule has 0 bridgehead atoms. The molecule has 11 heteroatoms. The van der Waals surface area contributed by atoms with Crippen molar-refractivity contribution in [1.82, 2.24) is 24.8 Å². The first-order chi connectivity index (χ1) is 14.5. The smallest absolute Gasteiger partial charge is 0.152 e. The van der Waals surface area contributed by atoms with E-state index in [9.17, 15) is 8.42 Å². The van der Waals surface area contributed by atoms with Gasteiger partial charge in [-0.25, -0.2) is 13.1 Å². The molecule has 170 valence electrons. The van der Waals surface area contributed by atoms with Crippen LogP contribution in [0.3, 0.4) is 0 Å². The van der Waals surface area contributed by atoms with Gasteiger partial charge in [-0.1, -0.05) is 18.4 Å². The number of hydrogen-bond donors (Lipinski definition) is 0. The third-order valence-corrected chi connectivity index (χ3v) is 6.19. The van der Waals surface area contributed by atoms with Crippen molar-refractivity contribution in [1.29, 1.82) is 0 Å². The van der Waals surface area contributed by atoms with Crippen LogP contribution in [0.2, 0.25) is 0 Å². The number of hydrogen-bond acceptors (Lipinski definition) is 9. The highest BCUT2D eigenvalue weighted by atomic mass is 32.2. The van der Waals surface area contributed by atoms with E-state index in [1.165, 1.54) is 0 Å². The molecule has 0 atom stereocenters. The molecular weight excluding hydrogens is 410 g/mol. The highest BCUT2D eigenvalue weighted by Crippen LogP contribution is 2.07. The van der Waals surface area contributed by atoms with Crippen LogP contribution < -0.4 is 0 Å². The minimum atomic E-state index is -2.86. The Kier molecular flexibility index (Phi) is 11.0. The molecule has 2 rings (SSSR count). The Morgan fingerprint density at radius 1 is 1.00 bits per heavy atom. The molecule has 0 aromatic carbocycles. The van der Waals surface area contributed by atoms with E-state index in [1.54, 1.807) is 17.1 Å². The second kappa shape index (κ2) is 13.5. The van der Waals surface area contributed by atoms with Gasteiger partial charge in [-0.05, 0) is 12.4 Å². The fourth-order valence-electron chi connectivity index (χ4n) is 2.78. The summed E-state index contributed by atoms with van der Waals surface area (Å²) in [5, 5.41) is 8.23. The van der Waals surface area contributed by atoms with Crippen molar-refractivity contribution in [2.24, 2.45) is 0 Å². The zero-order valence-corrected chi connectivity index (χ0v) is 18.3. The Hall–Kier alpha value is -1.79. The van der Waals surface area contributed by atoms with Gasteiger partial charge in [-0.2, -0.15) is 0 Å². The molecule has 1 aliphatic heterocycles. The third kappa shape index (κ3) is 9.81. The number of nitrogens with zero attached hydrogens (tertiary/aromatic N) is 5. The Morgan fingerprint density at radius 3 is 2.23 bits per heavy atom. The van der Waals surface area contributed by atoms with E-state index in [0.29, 0.717) is 65.8 Å². The predicted molar refractivity (Wildman–Crippen MR) is 114 cm³/mol. The third-order valence-electron chi connectivity index (χ3n) is 4.58. The number of ether oxygens (including phenoxy) is 3. The van der Waals surface area contributed by atoms with Crippen molar-refractivity contribution in [3.63, 3.8) is 0 Å². The van der Waals surface area contributed by atoms with Crippen LogP contribution in [0.1, 0.15) is 5.69 Å². The summed E-state index contributed by atoms with van der Waals surface area (Å²) < 4.78 is 41.2. The maximum atomic E-state index is 11.5. The molecule has 0 spiro atoms. The van der Waals surface area contributed by atoms with Gasteiger partial charge in [0.15, 0.2) is 9.84 Å². The van der Waals surface area contributed by atoms with Crippen molar-refractivity contribution >= 4 is 9.84 Å². The molecule has 10 nitrogen and oxygen atoms in total. The molecule has 1 aromatic rings. The minimum absolute atomic E-state index is 0.215. The quantitative estimate of drug-likeness (QED) is 0.331. The van der Waals surface area contributed by atoms with Crippen molar-refractivity contribution < 1.29 is 22.6 Å². The lowest BCUT2D eigenvalue weighted by Gasteiger charge is -2.25. The molecule has 2 heterocycles. The zero-order valence-electron chi connectivity index (χ0n) is 17.5. The summed E-state index contributed by atoms with van der Waals surface area (Å²) in [6.45, 7) is 13.6. The van der Waals surface area contributed by atoms with E-state index < -0.39 is 9.84 Å². The summed E-state index contributed by atoms with van der Waals surface area (Å²) in [6, 6.07) is 0. The highest BCUT2D eigenvalue weighted by Gasteiger charge is 2.22. The monoisotopic (exact) mass is 443 g/mol. The van der Waals surface area contributed by atoms with Gasteiger partial charge in [-0.15, -0.1) is 5.10 Å². The molecule has 1 aliphatic rings. The van der Waals surface area contributed by atoms with Crippen LogP contribution in [-0.4, -0.2) is 104 Å². The Bertz CT molecular complexity index is 717. The average molecular weight is 444 g/mol.